The predicted octanol–water partition coefficient (Wildman–Crippen LogP) is 3.29. The van der Waals surface area contributed by atoms with Gasteiger partial charge in [-0.25, -0.2) is 18.1 Å². The lowest BCUT2D eigenvalue weighted by atomic mass is 9.95. The van der Waals surface area contributed by atoms with E-state index < -0.39 is 10.0 Å². The first-order valence-corrected chi connectivity index (χ1v) is 11.9. The molecule has 1 amide bonds. The monoisotopic (exact) mass is 440 g/mol. The third kappa shape index (κ3) is 3.53. The van der Waals surface area contributed by atoms with Gasteiger partial charge in [-0.2, -0.15) is 0 Å². The molecule has 1 aliphatic heterocycles. The zero-order valence-electron chi connectivity index (χ0n) is 18.6. The maximum absolute atomic E-state index is 13.1. The summed E-state index contributed by atoms with van der Waals surface area (Å²) in [5.74, 6) is 0.493. The third-order valence-electron chi connectivity index (χ3n) is 6.55. The lowest BCUT2D eigenvalue weighted by Gasteiger charge is -2.19. The van der Waals surface area contributed by atoms with E-state index in [1.807, 2.05) is 63.5 Å². The molecule has 0 aliphatic carbocycles. The molecule has 0 unspecified atom stereocenters. The zero-order valence-corrected chi connectivity index (χ0v) is 19.4. The van der Waals surface area contributed by atoms with Gasteiger partial charge in [0.05, 0.1) is 15.9 Å². The van der Waals surface area contributed by atoms with Gasteiger partial charge in [0.1, 0.15) is 0 Å². The summed E-state index contributed by atoms with van der Waals surface area (Å²) in [6, 6.07) is 7.79. The van der Waals surface area contributed by atoms with Gasteiger partial charge in [0.25, 0.3) is 0 Å². The van der Waals surface area contributed by atoms with E-state index in [1.165, 1.54) is 0 Å². The van der Waals surface area contributed by atoms with Crippen LogP contribution >= 0.6 is 0 Å². The summed E-state index contributed by atoms with van der Waals surface area (Å²) in [5, 5.41) is 0. The van der Waals surface area contributed by atoms with E-state index >= 15 is 0 Å². The molecule has 1 N–H and O–H groups in total. The standard InChI is InChI=1S/C23H28N4O3S/c1-14-15(2)17(4)22(18(5)16(14)3)31(29,30)24-11-10-21(28)27-13-12-26-20-9-7-6-8-19(20)25-23(26)27/h6-9,24H,10-13H2,1-5H3. The molecular formula is C23H28N4O3S. The molecule has 0 saturated heterocycles. The van der Waals surface area contributed by atoms with Gasteiger partial charge in [-0.05, 0) is 74.6 Å². The Hall–Kier alpha value is -2.71. The number of nitrogens with zero attached hydrogens (tertiary/aromatic N) is 3. The van der Waals surface area contributed by atoms with Crippen molar-refractivity contribution in [2.75, 3.05) is 18.0 Å². The number of anilines is 1. The summed E-state index contributed by atoms with van der Waals surface area (Å²) in [7, 11) is -3.73. The molecule has 0 spiro atoms. The average molecular weight is 441 g/mol. The van der Waals surface area contributed by atoms with E-state index in [0.29, 0.717) is 23.9 Å². The van der Waals surface area contributed by atoms with Crippen LogP contribution in [0.4, 0.5) is 5.95 Å². The molecule has 0 radical (unpaired) electrons. The summed E-state index contributed by atoms with van der Waals surface area (Å²) >= 11 is 0. The van der Waals surface area contributed by atoms with E-state index in [-0.39, 0.29) is 18.9 Å². The Labute approximate surface area is 183 Å². The SMILES string of the molecule is Cc1c(C)c(C)c(S(=O)(=O)NCCC(=O)N2CCn3c2nc2ccccc23)c(C)c1C. The van der Waals surface area contributed by atoms with Crippen LogP contribution in [0.1, 0.15) is 34.2 Å². The topological polar surface area (TPSA) is 84.3 Å². The van der Waals surface area contributed by atoms with E-state index in [1.54, 1.807) is 4.90 Å². The van der Waals surface area contributed by atoms with E-state index in [2.05, 4.69) is 9.71 Å². The Morgan fingerprint density at radius 1 is 0.968 bits per heavy atom. The first-order valence-electron chi connectivity index (χ1n) is 10.5. The molecule has 2 heterocycles. The molecule has 2 aromatic carbocycles. The number of nitrogens with one attached hydrogen (secondary N) is 1. The molecule has 0 atom stereocenters. The van der Waals surface area contributed by atoms with Gasteiger partial charge in [-0.15, -0.1) is 0 Å². The van der Waals surface area contributed by atoms with Crippen LogP contribution in [0.25, 0.3) is 11.0 Å². The summed E-state index contributed by atoms with van der Waals surface area (Å²) in [6.07, 6.45) is 0.0738. The van der Waals surface area contributed by atoms with Crippen molar-refractivity contribution in [2.45, 2.75) is 52.5 Å². The van der Waals surface area contributed by atoms with Crippen molar-refractivity contribution in [1.29, 1.82) is 0 Å². The molecule has 8 heteroatoms. The minimum atomic E-state index is -3.73. The molecule has 3 aromatic rings. The molecule has 0 saturated carbocycles. The highest BCUT2D eigenvalue weighted by Gasteiger charge is 2.29. The number of hydrogen-bond acceptors (Lipinski definition) is 4. The van der Waals surface area contributed by atoms with Crippen molar-refractivity contribution in [3.63, 3.8) is 0 Å². The zero-order chi connectivity index (χ0) is 22.5. The van der Waals surface area contributed by atoms with Crippen LogP contribution in [0.3, 0.4) is 0 Å². The Kier molecular flexibility index (Phi) is 5.39. The number of benzene rings is 2. The minimum absolute atomic E-state index is 0.0444. The molecule has 31 heavy (non-hydrogen) atoms. The summed E-state index contributed by atoms with van der Waals surface area (Å²) < 4.78 is 30.8. The highest BCUT2D eigenvalue weighted by atomic mass is 32.2. The summed E-state index contributed by atoms with van der Waals surface area (Å²) in [5.41, 5.74) is 6.45. The smallest absolute Gasteiger partial charge is 0.241 e. The Morgan fingerprint density at radius 2 is 1.58 bits per heavy atom. The quantitative estimate of drug-likeness (QED) is 0.660. The van der Waals surface area contributed by atoms with Crippen LogP contribution in [0, 0.1) is 34.6 Å². The third-order valence-corrected chi connectivity index (χ3v) is 8.29. The van der Waals surface area contributed by atoms with Gasteiger partial charge >= 0.3 is 0 Å². The fourth-order valence-corrected chi connectivity index (χ4v) is 6.02. The van der Waals surface area contributed by atoms with Crippen LogP contribution in [-0.2, 0) is 21.4 Å². The number of hydrogen-bond donors (Lipinski definition) is 1. The number of fused-ring (bicyclic) bond motifs is 3. The fraction of sp³-hybridized carbons (Fsp3) is 0.391. The maximum Gasteiger partial charge on any atom is 0.241 e. The Bertz CT molecular complexity index is 1280. The Morgan fingerprint density at radius 3 is 2.26 bits per heavy atom. The lowest BCUT2D eigenvalue weighted by molar-refractivity contribution is -0.118. The van der Waals surface area contributed by atoms with Crippen molar-refractivity contribution in [3.05, 3.63) is 52.1 Å². The van der Waals surface area contributed by atoms with Crippen LogP contribution in [0.15, 0.2) is 29.2 Å². The fourth-order valence-electron chi connectivity index (χ4n) is 4.39. The molecule has 0 bridgehead atoms. The largest absolute Gasteiger partial charge is 0.308 e. The average Bonchev–Trinajstić information content (AvgIpc) is 3.29. The first-order chi connectivity index (χ1) is 14.6. The summed E-state index contributed by atoms with van der Waals surface area (Å²) in [4.78, 5) is 19.4. The number of para-hydroxylation sites is 2. The second-order valence-corrected chi connectivity index (χ2v) is 9.90. The van der Waals surface area contributed by atoms with E-state index in [0.717, 1.165) is 38.9 Å². The highest BCUT2D eigenvalue weighted by molar-refractivity contribution is 7.89. The highest BCUT2D eigenvalue weighted by Crippen LogP contribution is 2.30. The molecule has 7 nitrogen and oxygen atoms in total. The van der Waals surface area contributed by atoms with Crippen molar-refractivity contribution < 1.29 is 13.2 Å². The second-order valence-electron chi connectivity index (χ2n) is 8.20. The van der Waals surface area contributed by atoms with Gasteiger partial charge < -0.3 is 4.57 Å². The maximum atomic E-state index is 13.1. The van der Waals surface area contributed by atoms with Gasteiger partial charge in [0.15, 0.2) is 0 Å². The van der Waals surface area contributed by atoms with Gasteiger partial charge in [-0.1, -0.05) is 12.1 Å². The molecule has 1 aromatic heterocycles. The molecule has 164 valence electrons. The number of sulfonamides is 1. The van der Waals surface area contributed by atoms with Crippen LogP contribution in [0.5, 0.6) is 0 Å². The van der Waals surface area contributed by atoms with Crippen LogP contribution in [-0.4, -0.2) is 37.0 Å². The lowest BCUT2D eigenvalue weighted by Crippen LogP contribution is -2.34. The number of imidazole rings is 1. The van der Waals surface area contributed by atoms with Crippen molar-refractivity contribution >= 4 is 32.9 Å². The van der Waals surface area contributed by atoms with Gasteiger partial charge in [0, 0.05) is 26.1 Å². The van der Waals surface area contributed by atoms with Gasteiger partial charge in [0.2, 0.25) is 21.9 Å². The van der Waals surface area contributed by atoms with Crippen molar-refractivity contribution in [3.8, 4) is 0 Å². The normalized spacial score (nSPS) is 13.8. The van der Waals surface area contributed by atoms with Crippen LogP contribution < -0.4 is 9.62 Å². The van der Waals surface area contributed by atoms with E-state index in [9.17, 15) is 13.2 Å². The van der Waals surface area contributed by atoms with Crippen molar-refractivity contribution in [2.24, 2.45) is 0 Å². The number of carbonyl (C=O) groups excluding carboxylic acids is 1. The van der Waals surface area contributed by atoms with E-state index in [4.69, 9.17) is 0 Å². The predicted molar refractivity (Wildman–Crippen MR) is 122 cm³/mol. The summed E-state index contributed by atoms with van der Waals surface area (Å²) in [6.45, 7) is 10.9. The second kappa shape index (κ2) is 7.76. The number of amides is 1. The number of rotatable bonds is 5. The molecule has 4 rings (SSSR count). The number of aromatic nitrogens is 2. The molecule has 1 aliphatic rings. The molecule has 0 fully saturated rings. The van der Waals surface area contributed by atoms with Crippen LogP contribution in [0.2, 0.25) is 0 Å². The number of carbonyl (C=O) groups is 1. The van der Waals surface area contributed by atoms with Gasteiger partial charge in [-0.3, -0.25) is 9.69 Å². The van der Waals surface area contributed by atoms with Crippen molar-refractivity contribution in [1.82, 2.24) is 14.3 Å². The first kappa shape index (κ1) is 21.5. The molecular weight excluding hydrogens is 412 g/mol. The minimum Gasteiger partial charge on any atom is -0.308 e. The Balaban J connectivity index is 1.49.